The lowest BCUT2D eigenvalue weighted by atomic mass is 10.2. The number of rotatable bonds is 3. The summed E-state index contributed by atoms with van der Waals surface area (Å²) in [5, 5.41) is 0.991. The number of pyridine rings is 1. The van der Waals surface area contributed by atoms with E-state index in [2.05, 4.69) is 9.97 Å². The largest absolute Gasteiger partial charge is 0.333 e. The molecule has 0 bridgehead atoms. The Bertz CT molecular complexity index is 1100. The van der Waals surface area contributed by atoms with Gasteiger partial charge in [-0.15, -0.1) is 0 Å². The van der Waals surface area contributed by atoms with Crippen LogP contribution in [0.5, 0.6) is 0 Å². The Morgan fingerprint density at radius 3 is 2.50 bits per heavy atom. The van der Waals surface area contributed by atoms with Crippen molar-refractivity contribution in [1.29, 1.82) is 0 Å². The first-order valence-electron chi connectivity index (χ1n) is 7.78. The highest BCUT2D eigenvalue weighted by Gasteiger charge is 2.16. The van der Waals surface area contributed by atoms with Crippen LogP contribution in [-0.2, 0) is 6.54 Å². The third kappa shape index (κ3) is 3.16. The van der Waals surface area contributed by atoms with E-state index in [1.54, 1.807) is 18.2 Å². The maximum atomic E-state index is 14.0. The molecule has 26 heavy (non-hydrogen) atoms. The summed E-state index contributed by atoms with van der Waals surface area (Å²) in [4.78, 5) is 7.27. The number of aromatic nitrogens is 3. The standard InChI is InChI=1S/C19H11Cl2F2N3/c20-12-5-4-11(8-13(12)21)9-26-7-6-16-17(10-26)25-19(24-16)18-14(22)2-1-3-15(18)23/h1-8,10H,9H2/p+1. The maximum Gasteiger partial charge on any atom is 0.195 e. The Hall–Kier alpha value is -2.50. The van der Waals surface area contributed by atoms with Crippen LogP contribution in [0.4, 0.5) is 8.78 Å². The summed E-state index contributed by atoms with van der Waals surface area (Å²) in [5.41, 5.74) is 2.10. The smallest absolute Gasteiger partial charge is 0.195 e. The molecule has 2 aromatic carbocycles. The zero-order chi connectivity index (χ0) is 18.3. The Morgan fingerprint density at radius 1 is 1.00 bits per heavy atom. The first-order valence-corrected chi connectivity index (χ1v) is 8.54. The molecule has 0 saturated heterocycles. The van der Waals surface area contributed by atoms with Gasteiger partial charge in [-0.1, -0.05) is 35.3 Å². The van der Waals surface area contributed by atoms with Crippen LogP contribution in [0.3, 0.4) is 0 Å². The van der Waals surface area contributed by atoms with Crippen molar-refractivity contribution < 1.29 is 13.3 Å². The lowest BCUT2D eigenvalue weighted by molar-refractivity contribution is -0.687. The van der Waals surface area contributed by atoms with Crippen LogP contribution < -0.4 is 4.57 Å². The topological polar surface area (TPSA) is 32.6 Å². The predicted molar refractivity (Wildman–Crippen MR) is 97.2 cm³/mol. The number of nitrogens with zero attached hydrogens (tertiary/aromatic N) is 2. The van der Waals surface area contributed by atoms with Crippen LogP contribution in [0.15, 0.2) is 54.9 Å². The second-order valence-corrected chi connectivity index (χ2v) is 6.66. The van der Waals surface area contributed by atoms with E-state index in [1.165, 1.54) is 18.2 Å². The van der Waals surface area contributed by atoms with Gasteiger partial charge in [-0.2, -0.15) is 4.57 Å². The van der Waals surface area contributed by atoms with Crippen LogP contribution in [0, 0.1) is 11.6 Å². The molecule has 0 aliphatic rings. The van der Waals surface area contributed by atoms with E-state index in [1.807, 2.05) is 23.0 Å². The van der Waals surface area contributed by atoms with Gasteiger partial charge in [0.25, 0.3) is 0 Å². The zero-order valence-corrected chi connectivity index (χ0v) is 14.8. The fourth-order valence-electron chi connectivity index (χ4n) is 2.79. The van der Waals surface area contributed by atoms with Crippen LogP contribution in [0.25, 0.3) is 22.4 Å². The normalized spacial score (nSPS) is 11.2. The van der Waals surface area contributed by atoms with E-state index in [4.69, 9.17) is 23.2 Å². The van der Waals surface area contributed by atoms with Gasteiger partial charge in [-0.25, -0.2) is 13.8 Å². The van der Waals surface area contributed by atoms with Gasteiger partial charge < -0.3 is 4.98 Å². The van der Waals surface area contributed by atoms with Crippen molar-refractivity contribution in [2.45, 2.75) is 6.54 Å². The number of benzene rings is 2. The number of fused-ring (bicyclic) bond motifs is 1. The van der Waals surface area contributed by atoms with E-state index in [-0.39, 0.29) is 11.4 Å². The summed E-state index contributed by atoms with van der Waals surface area (Å²) in [5.74, 6) is -1.16. The molecule has 1 N–H and O–H groups in total. The van der Waals surface area contributed by atoms with E-state index < -0.39 is 11.6 Å². The van der Waals surface area contributed by atoms with Gasteiger partial charge in [0.2, 0.25) is 0 Å². The monoisotopic (exact) mass is 390 g/mol. The molecule has 4 aromatic rings. The second-order valence-electron chi connectivity index (χ2n) is 5.85. The molecule has 0 amide bonds. The number of H-pyrrole nitrogens is 1. The van der Waals surface area contributed by atoms with E-state index in [9.17, 15) is 8.78 Å². The van der Waals surface area contributed by atoms with Crippen molar-refractivity contribution in [2.75, 3.05) is 0 Å². The molecule has 7 heteroatoms. The lowest BCUT2D eigenvalue weighted by Gasteiger charge is -2.00. The molecule has 0 aliphatic carbocycles. The molecule has 4 rings (SSSR count). The highest BCUT2D eigenvalue weighted by atomic mass is 35.5. The molecule has 0 saturated carbocycles. The number of halogens is 4. The van der Waals surface area contributed by atoms with Crippen molar-refractivity contribution >= 4 is 34.2 Å². The first kappa shape index (κ1) is 16.9. The van der Waals surface area contributed by atoms with Gasteiger partial charge >= 0.3 is 0 Å². The fraction of sp³-hybridized carbons (Fsp3) is 0.0526. The molecule has 0 unspecified atom stereocenters. The molecule has 0 spiro atoms. The maximum absolute atomic E-state index is 14.0. The molecule has 0 fully saturated rings. The number of hydrogen-bond donors (Lipinski definition) is 1. The molecule has 3 nitrogen and oxygen atoms in total. The summed E-state index contributed by atoms with van der Waals surface area (Å²) in [7, 11) is 0. The highest BCUT2D eigenvalue weighted by Crippen LogP contribution is 2.25. The highest BCUT2D eigenvalue weighted by molar-refractivity contribution is 6.42. The fourth-order valence-corrected chi connectivity index (χ4v) is 3.11. The summed E-state index contributed by atoms with van der Waals surface area (Å²) < 4.78 is 29.9. The number of nitrogens with one attached hydrogen (secondary N) is 1. The van der Waals surface area contributed by atoms with Crippen molar-refractivity contribution in [3.63, 3.8) is 0 Å². The third-order valence-corrected chi connectivity index (χ3v) is 4.77. The van der Waals surface area contributed by atoms with Crippen LogP contribution in [-0.4, -0.2) is 9.97 Å². The van der Waals surface area contributed by atoms with Crippen molar-refractivity contribution in [3.05, 3.63) is 82.1 Å². The molecular weight excluding hydrogens is 379 g/mol. The molecule has 0 atom stereocenters. The third-order valence-electron chi connectivity index (χ3n) is 4.03. The molecule has 0 aliphatic heterocycles. The zero-order valence-electron chi connectivity index (χ0n) is 13.3. The summed E-state index contributed by atoms with van der Waals surface area (Å²) in [6.07, 6.45) is 3.67. The van der Waals surface area contributed by atoms with Crippen molar-refractivity contribution in [1.82, 2.24) is 9.97 Å². The van der Waals surface area contributed by atoms with E-state index in [0.29, 0.717) is 27.6 Å². The number of imidazole rings is 1. The minimum absolute atomic E-state index is 0.155. The molecular formula is C19H12Cl2F2N3+. The average Bonchev–Trinajstić information content (AvgIpc) is 3.01. The van der Waals surface area contributed by atoms with Crippen LogP contribution >= 0.6 is 23.2 Å². The summed E-state index contributed by atoms with van der Waals surface area (Å²) in [6.45, 7) is 0.565. The van der Waals surface area contributed by atoms with Crippen LogP contribution in [0.1, 0.15) is 5.56 Å². The van der Waals surface area contributed by atoms with Gasteiger partial charge in [0.05, 0.1) is 15.6 Å². The van der Waals surface area contributed by atoms with Crippen LogP contribution in [0.2, 0.25) is 10.0 Å². The van der Waals surface area contributed by atoms with E-state index >= 15 is 0 Å². The Labute approximate surface area is 157 Å². The van der Waals surface area contributed by atoms with Gasteiger partial charge in [0, 0.05) is 11.6 Å². The number of aromatic amines is 1. The Kier molecular flexibility index (Phi) is 4.34. The SMILES string of the molecule is Fc1cccc(F)c1-c1nc2cc[n+](Cc3ccc(Cl)c(Cl)c3)cc2[nH]1. The van der Waals surface area contributed by atoms with Gasteiger partial charge in [0.1, 0.15) is 28.5 Å². The van der Waals surface area contributed by atoms with Gasteiger partial charge in [-0.3, -0.25) is 0 Å². The predicted octanol–water partition coefficient (Wildman–Crippen LogP) is 5.15. The molecule has 2 aromatic heterocycles. The molecule has 2 heterocycles. The van der Waals surface area contributed by atoms with E-state index in [0.717, 1.165) is 5.56 Å². The van der Waals surface area contributed by atoms with Gasteiger partial charge in [0.15, 0.2) is 18.9 Å². The quantitative estimate of drug-likeness (QED) is 0.482. The van der Waals surface area contributed by atoms with Gasteiger partial charge in [-0.05, 0) is 24.3 Å². The minimum Gasteiger partial charge on any atom is -0.333 e. The van der Waals surface area contributed by atoms with Crippen molar-refractivity contribution in [3.8, 4) is 11.4 Å². The van der Waals surface area contributed by atoms with Crippen molar-refractivity contribution in [2.24, 2.45) is 0 Å². The second kappa shape index (κ2) is 6.67. The summed E-state index contributed by atoms with van der Waals surface area (Å²) >= 11 is 12.0. The minimum atomic E-state index is -0.660. The average molecular weight is 391 g/mol. The first-order chi connectivity index (χ1) is 12.5. The number of hydrogen-bond acceptors (Lipinski definition) is 1. The molecule has 130 valence electrons. The molecule has 0 radical (unpaired) electrons. The Balaban J connectivity index is 1.71. The summed E-state index contributed by atoms with van der Waals surface area (Å²) in [6, 6.07) is 10.9. The Morgan fingerprint density at radius 2 is 1.77 bits per heavy atom. The lowest BCUT2D eigenvalue weighted by Crippen LogP contribution is -2.33.